The number of carbonyl (C=O) groups excluding carboxylic acids is 2. The summed E-state index contributed by atoms with van der Waals surface area (Å²) in [5.74, 6) is -1.43. The number of esters is 2. The first-order valence-corrected chi connectivity index (χ1v) is 5.66. The quantitative estimate of drug-likeness (QED) is 0.545. The van der Waals surface area contributed by atoms with Crippen LogP contribution >= 0.6 is 0 Å². The van der Waals surface area contributed by atoms with Gasteiger partial charge in [0.1, 0.15) is 12.7 Å². The standard InChI is InChI=1S/C12H12O6/c1-5(13)16-3-6-2-8-10-7(11(14)18-8)4-17-12(15)9(6)10/h2,4,8-10,12,15H,3H2,1H3/t8-,9+,10-,12+/m0/s1. The number of aliphatic hydroxyl groups excluding tert-OH is 1. The molecule has 3 aliphatic rings. The lowest BCUT2D eigenvalue weighted by Crippen LogP contribution is -2.35. The summed E-state index contributed by atoms with van der Waals surface area (Å²) in [5.41, 5.74) is 1.16. The van der Waals surface area contributed by atoms with Crippen molar-refractivity contribution in [2.24, 2.45) is 11.8 Å². The second-order valence-corrected chi connectivity index (χ2v) is 4.54. The van der Waals surface area contributed by atoms with Gasteiger partial charge in [-0.05, 0) is 11.6 Å². The second-order valence-electron chi connectivity index (χ2n) is 4.54. The van der Waals surface area contributed by atoms with Crippen molar-refractivity contribution < 1.29 is 28.9 Å². The predicted molar refractivity (Wildman–Crippen MR) is 56.8 cm³/mol. The molecule has 0 aromatic carbocycles. The summed E-state index contributed by atoms with van der Waals surface area (Å²) in [4.78, 5) is 22.3. The maximum atomic E-state index is 11.5. The van der Waals surface area contributed by atoms with Crippen LogP contribution in [0, 0.1) is 11.8 Å². The molecule has 0 aromatic heterocycles. The third-order valence-corrected chi connectivity index (χ3v) is 3.47. The Morgan fingerprint density at radius 1 is 1.50 bits per heavy atom. The highest BCUT2D eigenvalue weighted by Gasteiger charge is 2.54. The van der Waals surface area contributed by atoms with Gasteiger partial charge in [-0.15, -0.1) is 0 Å². The van der Waals surface area contributed by atoms with Crippen molar-refractivity contribution in [3.63, 3.8) is 0 Å². The van der Waals surface area contributed by atoms with Gasteiger partial charge in [-0.1, -0.05) is 0 Å². The van der Waals surface area contributed by atoms with E-state index in [0.29, 0.717) is 5.57 Å². The van der Waals surface area contributed by atoms with Gasteiger partial charge in [-0.25, -0.2) is 4.79 Å². The molecule has 0 radical (unpaired) electrons. The van der Waals surface area contributed by atoms with E-state index in [1.807, 2.05) is 0 Å². The molecular weight excluding hydrogens is 240 g/mol. The fourth-order valence-electron chi connectivity index (χ4n) is 2.71. The molecule has 0 amide bonds. The van der Waals surface area contributed by atoms with Crippen molar-refractivity contribution in [2.75, 3.05) is 6.61 Å². The average molecular weight is 252 g/mol. The van der Waals surface area contributed by atoms with E-state index in [1.54, 1.807) is 6.08 Å². The fourth-order valence-corrected chi connectivity index (χ4v) is 2.71. The Balaban J connectivity index is 1.87. The van der Waals surface area contributed by atoms with E-state index in [1.165, 1.54) is 13.2 Å². The van der Waals surface area contributed by atoms with E-state index in [0.717, 1.165) is 5.57 Å². The molecule has 0 aromatic rings. The highest BCUT2D eigenvalue weighted by molar-refractivity contribution is 5.92. The molecule has 0 saturated carbocycles. The summed E-state index contributed by atoms with van der Waals surface area (Å²) in [6, 6.07) is 0. The summed E-state index contributed by atoms with van der Waals surface area (Å²) < 4.78 is 15.1. The van der Waals surface area contributed by atoms with Crippen LogP contribution in [0.25, 0.3) is 0 Å². The van der Waals surface area contributed by atoms with Gasteiger partial charge >= 0.3 is 11.9 Å². The Morgan fingerprint density at radius 3 is 3.00 bits per heavy atom. The maximum absolute atomic E-state index is 11.5. The van der Waals surface area contributed by atoms with Crippen molar-refractivity contribution in [3.05, 3.63) is 23.5 Å². The summed E-state index contributed by atoms with van der Waals surface area (Å²) in [7, 11) is 0. The van der Waals surface area contributed by atoms with E-state index in [-0.39, 0.29) is 18.4 Å². The normalized spacial score (nSPS) is 36.2. The van der Waals surface area contributed by atoms with E-state index in [4.69, 9.17) is 14.2 Å². The molecule has 3 rings (SSSR count). The van der Waals surface area contributed by atoms with Crippen molar-refractivity contribution >= 4 is 11.9 Å². The zero-order chi connectivity index (χ0) is 12.9. The monoisotopic (exact) mass is 252 g/mol. The molecule has 0 spiro atoms. The Kier molecular flexibility index (Phi) is 2.41. The van der Waals surface area contributed by atoms with Crippen molar-refractivity contribution in [1.29, 1.82) is 0 Å². The Bertz CT molecular complexity index is 477. The average Bonchev–Trinajstić information content (AvgIpc) is 2.80. The summed E-state index contributed by atoms with van der Waals surface area (Å²) in [5, 5.41) is 9.85. The third-order valence-electron chi connectivity index (χ3n) is 3.47. The SMILES string of the molecule is CC(=O)OCC1=C[C@@H]2OC(=O)C3=CO[C@@H](O)[C@H]1[C@@H]32. The third kappa shape index (κ3) is 1.53. The van der Waals surface area contributed by atoms with E-state index in [9.17, 15) is 14.7 Å². The summed E-state index contributed by atoms with van der Waals surface area (Å²) >= 11 is 0. The topological polar surface area (TPSA) is 82.1 Å². The number of aliphatic hydroxyl groups is 1. The Hall–Kier alpha value is -1.82. The first-order valence-electron chi connectivity index (χ1n) is 5.66. The molecule has 18 heavy (non-hydrogen) atoms. The van der Waals surface area contributed by atoms with Gasteiger partial charge < -0.3 is 19.3 Å². The van der Waals surface area contributed by atoms with E-state index >= 15 is 0 Å². The molecule has 4 atom stereocenters. The zero-order valence-electron chi connectivity index (χ0n) is 9.66. The van der Waals surface area contributed by atoms with Crippen LogP contribution in [0.3, 0.4) is 0 Å². The lowest BCUT2D eigenvalue weighted by molar-refractivity contribution is -0.141. The molecule has 6 nitrogen and oxygen atoms in total. The molecule has 2 aliphatic heterocycles. The van der Waals surface area contributed by atoms with Gasteiger partial charge in [0.15, 0.2) is 0 Å². The van der Waals surface area contributed by atoms with Crippen LogP contribution in [0.1, 0.15) is 6.92 Å². The number of hydrogen-bond donors (Lipinski definition) is 1. The number of carbonyl (C=O) groups is 2. The minimum Gasteiger partial charge on any atom is -0.472 e. The van der Waals surface area contributed by atoms with Gasteiger partial charge in [-0.3, -0.25) is 4.79 Å². The molecule has 1 N–H and O–H groups in total. The van der Waals surface area contributed by atoms with Crippen LogP contribution in [0.2, 0.25) is 0 Å². The molecule has 6 heteroatoms. The van der Waals surface area contributed by atoms with Crippen molar-refractivity contribution in [3.8, 4) is 0 Å². The number of hydrogen-bond acceptors (Lipinski definition) is 6. The molecular formula is C12H12O6. The van der Waals surface area contributed by atoms with Crippen molar-refractivity contribution in [1.82, 2.24) is 0 Å². The predicted octanol–water partition coefficient (Wildman–Crippen LogP) is -0.120. The van der Waals surface area contributed by atoms with Gasteiger partial charge in [0.05, 0.1) is 17.8 Å². The van der Waals surface area contributed by atoms with E-state index in [2.05, 4.69) is 0 Å². The van der Waals surface area contributed by atoms with E-state index < -0.39 is 24.3 Å². The van der Waals surface area contributed by atoms with Gasteiger partial charge in [0.25, 0.3) is 0 Å². The zero-order valence-corrected chi connectivity index (χ0v) is 9.66. The molecule has 0 bridgehead atoms. The summed E-state index contributed by atoms with van der Waals surface area (Å²) in [6.07, 6.45) is 1.56. The van der Waals surface area contributed by atoms with Crippen LogP contribution in [0.5, 0.6) is 0 Å². The van der Waals surface area contributed by atoms with Crippen LogP contribution in [-0.2, 0) is 23.8 Å². The first kappa shape index (κ1) is 11.3. The van der Waals surface area contributed by atoms with Crippen LogP contribution in [0.15, 0.2) is 23.5 Å². The second kappa shape index (κ2) is 3.84. The minimum absolute atomic E-state index is 0.0816. The molecule has 1 aliphatic carbocycles. The van der Waals surface area contributed by atoms with Crippen molar-refractivity contribution in [2.45, 2.75) is 19.3 Å². The molecule has 96 valence electrons. The lowest BCUT2D eigenvalue weighted by Gasteiger charge is -2.29. The maximum Gasteiger partial charge on any atom is 0.338 e. The molecule has 1 saturated heterocycles. The molecule has 1 fully saturated rings. The number of ether oxygens (including phenoxy) is 3. The highest BCUT2D eigenvalue weighted by atomic mass is 16.6. The van der Waals surface area contributed by atoms with Gasteiger partial charge in [-0.2, -0.15) is 0 Å². The number of rotatable bonds is 2. The molecule has 2 heterocycles. The van der Waals surface area contributed by atoms with Crippen LogP contribution in [-0.4, -0.2) is 36.0 Å². The Labute approximate surface area is 103 Å². The lowest BCUT2D eigenvalue weighted by atomic mass is 9.84. The van der Waals surface area contributed by atoms with Gasteiger partial charge in [0, 0.05) is 12.8 Å². The van der Waals surface area contributed by atoms with Crippen LogP contribution < -0.4 is 0 Å². The molecule has 0 unspecified atom stereocenters. The largest absolute Gasteiger partial charge is 0.472 e. The Morgan fingerprint density at radius 2 is 2.28 bits per heavy atom. The minimum atomic E-state index is -1.04. The fraction of sp³-hybridized carbons (Fsp3) is 0.500. The highest BCUT2D eigenvalue weighted by Crippen LogP contribution is 2.47. The van der Waals surface area contributed by atoms with Gasteiger partial charge in [0.2, 0.25) is 6.29 Å². The van der Waals surface area contributed by atoms with Crippen LogP contribution in [0.4, 0.5) is 0 Å². The smallest absolute Gasteiger partial charge is 0.338 e. The summed E-state index contributed by atoms with van der Waals surface area (Å²) in [6.45, 7) is 1.40. The first-order chi connectivity index (χ1) is 8.58.